The molecule has 2 amide bonds. The van der Waals surface area contributed by atoms with Gasteiger partial charge >= 0.3 is 0 Å². The van der Waals surface area contributed by atoms with Gasteiger partial charge in [-0.15, -0.1) is 0 Å². The van der Waals surface area contributed by atoms with Gasteiger partial charge in [-0.1, -0.05) is 32.1 Å². The first kappa shape index (κ1) is 14.9. The van der Waals surface area contributed by atoms with Crippen molar-refractivity contribution in [2.45, 2.75) is 51.0 Å². The summed E-state index contributed by atoms with van der Waals surface area (Å²) in [7, 11) is 0. The van der Waals surface area contributed by atoms with Crippen molar-refractivity contribution in [1.82, 2.24) is 5.32 Å². The SMILES string of the molecule is O=C1COc2ccc(C(=O)NC3CCCCCCC3)cc2N1. The molecule has 2 aliphatic rings. The van der Waals surface area contributed by atoms with Crippen LogP contribution >= 0.6 is 0 Å². The summed E-state index contributed by atoms with van der Waals surface area (Å²) in [6.07, 6.45) is 8.29. The molecule has 0 atom stereocenters. The maximum Gasteiger partial charge on any atom is 0.262 e. The smallest absolute Gasteiger partial charge is 0.262 e. The first-order valence-electron chi connectivity index (χ1n) is 8.10. The van der Waals surface area contributed by atoms with Crippen molar-refractivity contribution in [1.29, 1.82) is 0 Å². The zero-order chi connectivity index (χ0) is 15.4. The van der Waals surface area contributed by atoms with E-state index in [1.54, 1.807) is 18.2 Å². The van der Waals surface area contributed by atoms with Crippen molar-refractivity contribution in [2.24, 2.45) is 0 Å². The van der Waals surface area contributed by atoms with Crippen molar-refractivity contribution in [2.75, 3.05) is 11.9 Å². The molecule has 0 unspecified atom stereocenters. The minimum Gasteiger partial charge on any atom is -0.482 e. The van der Waals surface area contributed by atoms with Crippen molar-refractivity contribution in [3.8, 4) is 5.75 Å². The Balaban J connectivity index is 1.66. The Hall–Kier alpha value is -2.04. The maximum absolute atomic E-state index is 12.4. The molecule has 1 aliphatic carbocycles. The van der Waals surface area contributed by atoms with E-state index in [4.69, 9.17) is 4.74 Å². The molecule has 0 spiro atoms. The molecule has 1 aromatic rings. The van der Waals surface area contributed by atoms with Crippen molar-refractivity contribution in [3.05, 3.63) is 23.8 Å². The minimum absolute atomic E-state index is 0.0284. The number of fused-ring (bicyclic) bond motifs is 1. The Labute approximate surface area is 130 Å². The number of hydrogen-bond donors (Lipinski definition) is 2. The number of carbonyl (C=O) groups excluding carboxylic acids is 2. The van der Waals surface area contributed by atoms with Gasteiger partial charge in [0, 0.05) is 11.6 Å². The standard InChI is InChI=1S/C17H22N2O3/c20-16-11-22-15-9-8-12(10-14(15)19-16)17(21)18-13-6-4-2-1-3-5-7-13/h8-10,13H,1-7,11H2,(H,18,21)(H,19,20). The van der Waals surface area contributed by atoms with Crippen molar-refractivity contribution >= 4 is 17.5 Å². The number of nitrogens with one attached hydrogen (secondary N) is 2. The Kier molecular flexibility index (Phi) is 4.61. The molecule has 0 radical (unpaired) electrons. The zero-order valence-electron chi connectivity index (χ0n) is 12.7. The fourth-order valence-electron chi connectivity index (χ4n) is 3.09. The first-order valence-corrected chi connectivity index (χ1v) is 8.10. The normalized spacial score (nSPS) is 19.2. The summed E-state index contributed by atoms with van der Waals surface area (Å²) in [4.78, 5) is 23.8. The predicted molar refractivity (Wildman–Crippen MR) is 84.1 cm³/mol. The second-order valence-corrected chi connectivity index (χ2v) is 6.06. The Morgan fingerprint density at radius 3 is 2.64 bits per heavy atom. The predicted octanol–water partition coefficient (Wildman–Crippen LogP) is 2.86. The highest BCUT2D eigenvalue weighted by Gasteiger charge is 2.19. The molecule has 22 heavy (non-hydrogen) atoms. The maximum atomic E-state index is 12.4. The molecule has 1 fully saturated rings. The van der Waals surface area contributed by atoms with E-state index in [9.17, 15) is 9.59 Å². The van der Waals surface area contributed by atoms with Gasteiger partial charge < -0.3 is 15.4 Å². The summed E-state index contributed by atoms with van der Waals surface area (Å²) in [6, 6.07) is 5.43. The van der Waals surface area contributed by atoms with E-state index in [2.05, 4.69) is 10.6 Å². The summed E-state index contributed by atoms with van der Waals surface area (Å²) in [5, 5.41) is 5.86. The van der Waals surface area contributed by atoms with Crippen LogP contribution in [0.4, 0.5) is 5.69 Å². The number of rotatable bonds is 2. The number of ether oxygens (including phenoxy) is 1. The van der Waals surface area contributed by atoms with Gasteiger partial charge in [-0.25, -0.2) is 0 Å². The van der Waals surface area contributed by atoms with Gasteiger partial charge in [-0.05, 0) is 31.0 Å². The number of hydrogen-bond acceptors (Lipinski definition) is 3. The molecule has 0 saturated heterocycles. The highest BCUT2D eigenvalue weighted by Crippen LogP contribution is 2.28. The third-order valence-corrected chi connectivity index (χ3v) is 4.31. The van der Waals surface area contributed by atoms with Crippen LogP contribution in [0.3, 0.4) is 0 Å². The van der Waals surface area contributed by atoms with Gasteiger partial charge in [0.1, 0.15) is 5.75 Å². The van der Waals surface area contributed by atoms with Gasteiger partial charge in [0.25, 0.3) is 11.8 Å². The average Bonchev–Trinajstić information content (AvgIpc) is 2.49. The number of anilines is 1. The molecular formula is C17H22N2O3. The van der Waals surface area contributed by atoms with Crippen LogP contribution in [0, 0.1) is 0 Å². The molecule has 1 saturated carbocycles. The molecule has 118 valence electrons. The van der Waals surface area contributed by atoms with Crippen LogP contribution in [0.2, 0.25) is 0 Å². The van der Waals surface area contributed by atoms with Crippen LogP contribution < -0.4 is 15.4 Å². The summed E-state index contributed by atoms with van der Waals surface area (Å²) >= 11 is 0. The third kappa shape index (κ3) is 3.59. The van der Waals surface area contributed by atoms with Gasteiger partial charge in [0.15, 0.2) is 6.61 Å². The van der Waals surface area contributed by atoms with E-state index in [-0.39, 0.29) is 24.5 Å². The highest BCUT2D eigenvalue weighted by molar-refractivity contribution is 5.99. The van der Waals surface area contributed by atoms with Crippen LogP contribution in [0.1, 0.15) is 55.3 Å². The lowest BCUT2D eigenvalue weighted by molar-refractivity contribution is -0.118. The van der Waals surface area contributed by atoms with E-state index >= 15 is 0 Å². The molecule has 1 aliphatic heterocycles. The lowest BCUT2D eigenvalue weighted by Gasteiger charge is -2.22. The quantitative estimate of drug-likeness (QED) is 0.882. The fourth-order valence-corrected chi connectivity index (χ4v) is 3.09. The molecule has 0 bridgehead atoms. The van der Waals surface area contributed by atoms with E-state index in [1.165, 1.54) is 32.1 Å². The monoisotopic (exact) mass is 302 g/mol. The molecule has 1 heterocycles. The van der Waals surface area contributed by atoms with Crippen LogP contribution in [0.15, 0.2) is 18.2 Å². The summed E-state index contributed by atoms with van der Waals surface area (Å²) in [6.45, 7) is 0.0284. The van der Waals surface area contributed by atoms with E-state index in [0.717, 1.165) is 12.8 Å². The molecule has 5 heteroatoms. The van der Waals surface area contributed by atoms with Crippen molar-refractivity contribution in [3.63, 3.8) is 0 Å². The van der Waals surface area contributed by atoms with Crippen LogP contribution in [-0.4, -0.2) is 24.5 Å². The van der Waals surface area contributed by atoms with Gasteiger partial charge in [0.05, 0.1) is 5.69 Å². The Bertz CT molecular complexity index is 563. The Morgan fingerprint density at radius 2 is 1.86 bits per heavy atom. The fraction of sp³-hybridized carbons (Fsp3) is 0.529. The minimum atomic E-state index is -0.190. The number of benzene rings is 1. The van der Waals surface area contributed by atoms with Gasteiger partial charge in [0.2, 0.25) is 0 Å². The van der Waals surface area contributed by atoms with Crippen LogP contribution in [-0.2, 0) is 4.79 Å². The summed E-state index contributed by atoms with van der Waals surface area (Å²) in [5.74, 6) is 0.348. The second kappa shape index (κ2) is 6.81. The average molecular weight is 302 g/mol. The lowest BCUT2D eigenvalue weighted by atomic mass is 9.96. The van der Waals surface area contributed by atoms with E-state index in [0.29, 0.717) is 17.0 Å². The molecule has 1 aromatic carbocycles. The van der Waals surface area contributed by atoms with E-state index < -0.39 is 0 Å². The largest absolute Gasteiger partial charge is 0.482 e. The van der Waals surface area contributed by atoms with Crippen LogP contribution in [0.25, 0.3) is 0 Å². The van der Waals surface area contributed by atoms with Gasteiger partial charge in [-0.3, -0.25) is 9.59 Å². The second-order valence-electron chi connectivity index (χ2n) is 6.06. The molecule has 5 nitrogen and oxygen atoms in total. The third-order valence-electron chi connectivity index (χ3n) is 4.31. The lowest BCUT2D eigenvalue weighted by Crippen LogP contribution is -2.35. The highest BCUT2D eigenvalue weighted by atomic mass is 16.5. The van der Waals surface area contributed by atoms with Gasteiger partial charge in [-0.2, -0.15) is 0 Å². The first-order chi connectivity index (χ1) is 10.7. The summed E-state index contributed by atoms with van der Waals surface area (Å²) < 4.78 is 5.31. The molecule has 3 rings (SSSR count). The molecular weight excluding hydrogens is 280 g/mol. The molecule has 2 N–H and O–H groups in total. The molecule has 0 aromatic heterocycles. The van der Waals surface area contributed by atoms with E-state index in [1.807, 2.05) is 0 Å². The van der Waals surface area contributed by atoms with Crippen molar-refractivity contribution < 1.29 is 14.3 Å². The Morgan fingerprint density at radius 1 is 1.14 bits per heavy atom. The van der Waals surface area contributed by atoms with Crippen LogP contribution in [0.5, 0.6) is 5.75 Å². The zero-order valence-corrected chi connectivity index (χ0v) is 12.7. The summed E-state index contributed by atoms with van der Waals surface area (Å²) in [5.41, 5.74) is 1.13. The topological polar surface area (TPSA) is 67.4 Å². The number of amides is 2. The number of carbonyl (C=O) groups is 2.